The van der Waals surface area contributed by atoms with Gasteiger partial charge in [0.1, 0.15) is 24.9 Å². The topological polar surface area (TPSA) is 134 Å². The molecule has 7 heteroatoms. The van der Waals surface area contributed by atoms with Gasteiger partial charge in [-0.25, -0.2) is 0 Å². The number of aliphatic carboxylic acids is 1. The molecule has 7 nitrogen and oxygen atoms in total. The number of carbonyl (C=O) groups excluding carboxylic acids is 2. The van der Waals surface area contributed by atoms with Crippen LogP contribution in [0.5, 0.6) is 5.75 Å². The molecule has 0 aliphatic heterocycles. The highest BCUT2D eigenvalue weighted by Crippen LogP contribution is 2.21. The summed E-state index contributed by atoms with van der Waals surface area (Å²) in [6.07, 6.45) is -0.226. The average molecular weight is 268 g/mol. The van der Waals surface area contributed by atoms with Crippen LogP contribution in [0.2, 0.25) is 0 Å². The minimum atomic E-state index is -1.29. The van der Waals surface area contributed by atoms with Crippen molar-refractivity contribution in [3.8, 4) is 5.75 Å². The number of carbonyl (C=O) groups is 2. The molecule has 0 aliphatic rings. The van der Waals surface area contributed by atoms with Crippen LogP contribution >= 0.6 is 0 Å². The second-order valence-electron chi connectivity index (χ2n) is 4.07. The largest absolute Gasteiger partial charge is 0.544 e. The number of nitrogens with two attached hydrogens (primary N) is 1. The van der Waals surface area contributed by atoms with Gasteiger partial charge < -0.3 is 31.4 Å². The first-order valence-corrected chi connectivity index (χ1v) is 5.96. The van der Waals surface area contributed by atoms with Crippen LogP contribution in [-0.4, -0.2) is 36.1 Å². The highest BCUT2D eigenvalue weighted by molar-refractivity contribution is 5.94. The molecule has 0 saturated carbocycles. The predicted octanol–water partition coefficient (Wildman–Crippen LogP) is -3.36. The zero-order chi connectivity index (χ0) is 14.3. The van der Waals surface area contributed by atoms with Crippen LogP contribution in [0.25, 0.3) is 0 Å². The van der Waals surface area contributed by atoms with E-state index in [0.29, 0.717) is 13.1 Å². The summed E-state index contributed by atoms with van der Waals surface area (Å²) >= 11 is 0. The van der Waals surface area contributed by atoms with E-state index in [1.807, 2.05) is 0 Å². The van der Waals surface area contributed by atoms with Gasteiger partial charge in [0.25, 0.3) is 0 Å². The second-order valence-corrected chi connectivity index (χ2v) is 4.07. The van der Waals surface area contributed by atoms with Crippen molar-refractivity contribution in [1.29, 1.82) is 0 Å². The zero-order valence-electron chi connectivity index (χ0n) is 10.5. The van der Waals surface area contributed by atoms with Gasteiger partial charge >= 0.3 is 0 Å². The number of para-hydroxylation sites is 2. The molecule has 1 rings (SSSR count). The van der Waals surface area contributed by atoms with Crippen molar-refractivity contribution in [3.63, 3.8) is 0 Å². The van der Waals surface area contributed by atoms with E-state index in [9.17, 15) is 19.8 Å². The van der Waals surface area contributed by atoms with Crippen LogP contribution in [0.3, 0.4) is 0 Å². The molecule has 0 bridgehead atoms. The summed E-state index contributed by atoms with van der Waals surface area (Å²) in [6.45, 7) is 1.06. The van der Waals surface area contributed by atoms with E-state index < -0.39 is 17.9 Å². The third-order valence-electron chi connectivity index (χ3n) is 2.54. The summed E-state index contributed by atoms with van der Waals surface area (Å²) in [5.74, 6) is -1.85. The normalized spacial score (nSPS) is 11.8. The van der Waals surface area contributed by atoms with Gasteiger partial charge in [-0.05, 0) is 12.1 Å². The van der Waals surface area contributed by atoms with Gasteiger partial charge in [0, 0.05) is 0 Å². The standard InChI is InChI=1S/C12H17N3O4/c13-5-6-14-9(12(18)19)7-11(17)15-8-3-1-2-4-10(8)16/h1-4,9,14,16H,5-7,13H2,(H,15,17)(H,18,19)/p+1/t9-/m0/s1. The Hall–Kier alpha value is -2.12. The molecule has 1 atom stereocenters. The number of quaternary nitrogens is 2. The Kier molecular flexibility index (Phi) is 5.77. The van der Waals surface area contributed by atoms with E-state index in [1.165, 1.54) is 17.4 Å². The van der Waals surface area contributed by atoms with E-state index in [2.05, 4.69) is 11.1 Å². The van der Waals surface area contributed by atoms with E-state index in [-0.39, 0.29) is 17.9 Å². The summed E-state index contributed by atoms with van der Waals surface area (Å²) in [7, 11) is 0. The molecule has 0 radical (unpaired) electrons. The first-order chi connectivity index (χ1) is 9.04. The van der Waals surface area contributed by atoms with Gasteiger partial charge in [-0.1, -0.05) is 12.1 Å². The van der Waals surface area contributed by atoms with Crippen molar-refractivity contribution in [2.75, 3.05) is 18.4 Å². The van der Waals surface area contributed by atoms with Crippen LogP contribution in [-0.2, 0) is 9.59 Å². The molecule has 1 aromatic rings. The van der Waals surface area contributed by atoms with Crippen LogP contribution in [0, 0.1) is 0 Å². The Morgan fingerprint density at radius 3 is 2.68 bits per heavy atom. The molecule has 0 fully saturated rings. The summed E-state index contributed by atoms with van der Waals surface area (Å²) in [5.41, 5.74) is 3.85. The number of nitrogens with one attached hydrogen (secondary N) is 1. The van der Waals surface area contributed by atoms with Crippen LogP contribution < -0.4 is 21.5 Å². The van der Waals surface area contributed by atoms with E-state index in [0.717, 1.165) is 0 Å². The lowest BCUT2D eigenvalue weighted by Gasteiger charge is -2.15. The predicted molar refractivity (Wildman–Crippen MR) is 64.7 cm³/mol. The highest BCUT2D eigenvalue weighted by atomic mass is 16.4. The molecule has 7 N–H and O–H groups in total. The lowest BCUT2D eigenvalue weighted by Crippen LogP contribution is -2.95. The van der Waals surface area contributed by atoms with Crippen molar-refractivity contribution >= 4 is 17.6 Å². The maximum atomic E-state index is 11.7. The number of rotatable bonds is 7. The molecular weight excluding hydrogens is 250 g/mol. The van der Waals surface area contributed by atoms with Crippen molar-refractivity contribution in [2.24, 2.45) is 0 Å². The molecule has 19 heavy (non-hydrogen) atoms. The van der Waals surface area contributed by atoms with Gasteiger partial charge in [-0.2, -0.15) is 0 Å². The SMILES string of the molecule is [NH3+]CC[NH2+][C@@H](CC(=O)Nc1ccccc1O)C(=O)[O-]. The smallest absolute Gasteiger partial charge is 0.230 e. The van der Waals surface area contributed by atoms with E-state index in [1.54, 1.807) is 12.1 Å². The van der Waals surface area contributed by atoms with E-state index in [4.69, 9.17) is 0 Å². The first kappa shape index (κ1) is 14.9. The fraction of sp³-hybridized carbons (Fsp3) is 0.333. The lowest BCUT2D eigenvalue weighted by atomic mass is 10.2. The maximum Gasteiger partial charge on any atom is 0.230 e. The Labute approximate surface area is 110 Å². The third kappa shape index (κ3) is 4.94. The zero-order valence-corrected chi connectivity index (χ0v) is 10.5. The maximum absolute atomic E-state index is 11.7. The van der Waals surface area contributed by atoms with Crippen molar-refractivity contribution in [2.45, 2.75) is 12.5 Å². The lowest BCUT2D eigenvalue weighted by molar-refractivity contribution is -0.695. The van der Waals surface area contributed by atoms with Gasteiger partial charge in [0.05, 0.1) is 18.1 Å². The number of amides is 1. The summed E-state index contributed by atoms with van der Waals surface area (Å²) in [6, 6.07) is 5.28. The molecule has 1 amide bonds. The van der Waals surface area contributed by atoms with Crippen molar-refractivity contribution in [1.82, 2.24) is 0 Å². The fourth-order valence-corrected chi connectivity index (χ4v) is 1.56. The monoisotopic (exact) mass is 268 g/mol. The van der Waals surface area contributed by atoms with Gasteiger partial charge in [0.2, 0.25) is 5.91 Å². The number of hydrogen-bond acceptors (Lipinski definition) is 4. The van der Waals surface area contributed by atoms with Gasteiger partial charge in [-0.3, -0.25) is 4.79 Å². The molecule has 104 valence electrons. The minimum absolute atomic E-state index is 0.0670. The Balaban J connectivity index is 2.58. The Morgan fingerprint density at radius 2 is 2.11 bits per heavy atom. The summed E-state index contributed by atoms with van der Waals surface area (Å²) in [5, 5.41) is 24.3. The number of aromatic hydroxyl groups is 1. The molecule has 0 saturated heterocycles. The number of phenols is 1. The number of carboxylic acid groups (broad SMARTS) is 1. The van der Waals surface area contributed by atoms with Crippen LogP contribution in [0.1, 0.15) is 6.42 Å². The number of anilines is 1. The Morgan fingerprint density at radius 1 is 1.42 bits per heavy atom. The van der Waals surface area contributed by atoms with Crippen molar-refractivity contribution < 1.29 is 30.9 Å². The number of carboxylic acids is 1. The number of phenolic OH excluding ortho intramolecular Hbond substituents is 1. The summed E-state index contributed by atoms with van der Waals surface area (Å²) < 4.78 is 0. The quantitative estimate of drug-likeness (QED) is 0.384. The van der Waals surface area contributed by atoms with E-state index >= 15 is 0 Å². The highest BCUT2D eigenvalue weighted by Gasteiger charge is 2.18. The molecular formula is C12H18N3O4+. The van der Waals surface area contributed by atoms with Gasteiger partial charge in [-0.15, -0.1) is 0 Å². The minimum Gasteiger partial charge on any atom is -0.544 e. The molecule has 0 aromatic heterocycles. The van der Waals surface area contributed by atoms with Crippen molar-refractivity contribution in [3.05, 3.63) is 24.3 Å². The fourth-order valence-electron chi connectivity index (χ4n) is 1.56. The molecule has 0 spiro atoms. The third-order valence-corrected chi connectivity index (χ3v) is 2.54. The summed E-state index contributed by atoms with van der Waals surface area (Å²) in [4.78, 5) is 22.6. The molecule has 0 aliphatic carbocycles. The van der Waals surface area contributed by atoms with Crippen LogP contribution in [0.15, 0.2) is 24.3 Å². The number of benzene rings is 1. The molecule has 0 heterocycles. The first-order valence-electron chi connectivity index (χ1n) is 5.96. The average Bonchev–Trinajstić information content (AvgIpc) is 2.37. The molecule has 0 unspecified atom stereocenters. The second kappa shape index (κ2) is 7.34. The number of hydrogen-bond donors (Lipinski definition) is 4. The van der Waals surface area contributed by atoms with Crippen LogP contribution in [0.4, 0.5) is 5.69 Å². The van der Waals surface area contributed by atoms with Gasteiger partial charge in [0.15, 0.2) is 0 Å². The molecule has 1 aromatic carbocycles. The Bertz CT molecular complexity index is 450.